The standard InChI is InChI=1S/C18H25N5O5S/c1-3-12-29(26,27)21-15-8-10-22(11-9-15)13(2)17-19-20-18(28-17)14-4-6-16(7-5-14)23(24)25/h4-7,13,15,21H,3,8-12H2,1-2H3. The fourth-order valence-corrected chi connectivity index (χ4v) is 4.79. The van der Waals surface area contributed by atoms with E-state index in [0.717, 1.165) is 25.9 Å². The average molecular weight is 423 g/mol. The molecule has 0 aliphatic carbocycles. The first kappa shape index (κ1) is 21.3. The maximum Gasteiger partial charge on any atom is 0.269 e. The Morgan fingerprint density at radius 2 is 1.93 bits per heavy atom. The molecular weight excluding hydrogens is 398 g/mol. The van der Waals surface area contributed by atoms with Gasteiger partial charge in [0.25, 0.3) is 5.69 Å². The number of piperidine rings is 1. The number of non-ortho nitro benzene ring substituents is 1. The van der Waals surface area contributed by atoms with Crippen LogP contribution in [0, 0.1) is 10.1 Å². The van der Waals surface area contributed by atoms with E-state index in [1.165, 1.54) is 12.1 Å². The van der Waals surface area contributed by atoms with Gasteiger partial charge in [0, 0.05) is 36.8 Å². The number of likely N-dealkylation sites (tertiary alicyclic amines) is 1. The molecule has 0 amide bonds. The summed E-state index contributed by atoms with van der Waals surface area (Å²) in [5, 5.41) is 18.9. The van der Waals surface area contributed by atoms with E-state index < -0.39 is 14.9 Å². The van der Waals surface area contributed by atoms with Crippen LogP contribution in [0.1, 0.15) is 45.0 Å². The number of hydrogen-bond acceptors (Lipinski definition) is 8. The number of aromatic nitrogens is 2. The molecule has 1 aromatic carbocycles. The van der Waals surface area contributed by atoms with Crippen LogP contribution in [-0.2, 0) is 10.0 Å². The van der Waals surface area contributed by atoms with E-state index in [0.29, 0.717) is 23.8 Å². The molecule has 0 radical (unpaired) electrons. The monoisotopic (exact) mass is 423 g/mol. The van der Waals surface area contributed by atoms with E-state index in [-0.39, 0.29) is 23.5 Å². The zero-order chi connectivity index (χ0) is 21.0. The number of hydrogen-bond donors (Lipinski definition) is 1. The van der Waals surface area contributed by atoms with Crippen molar-refractivity contribution < 1.29 is 17.8 Å². The van der Waals surface area contributed by atoms with Crippen LogP contribution < -0.4 is 4.72 Å². The molecule has 1 fully saturated rings. The molecule has 29 heavy (non-hydrogen) atoms. The van der Waals surface area contributed by atoms with Gasteiger partial charge in [0.15, 0.2) is 0 Å². The third kappa shape index (κ3) is 5.37. The summed E-state index contributed by atoms with van der Waals surface area (Å²) in [6.45, 7) is 5.25. The first-order chi connectivity index (χ1) is 13.8. The molecule has 2 heterocycles. The fourth-order valence-electron chi connectivity index (χ4n) is 3.39. The predicted molar refractivity (Wildman–Crippen MR) is 107 cm³/mol. The van der Waals surface area contributed by atoms with Gasteiger partial charge in [-0.15, -0.1) is 10.2 Å². The first-order valence-corrected chi connectivity index (χ1v) is 11.3. The van der Waals surface area contributed by atoms with Gasteiger partial charge in [-0.3, -0.25) is 15.0 Å². The van der Waals surface area contributed by atoms with Crippen molar-refractivity contribution in [2.75, 3.05) is 18.8 Å². The Labute approximate surface area is 169 Å². The average Bonchev–Trinajstić information content (AvgIpc) is 3.18. The zero-order valence-corrected chi connectivity index (χ0v) is 17.3. The number of sulfonamides is 1. The van der Waals surface area contributed by atoms with Gasteiger partial charge < -0.3 is 4.42 Å². The minimum Gasteiger partial charge on any atom is -0.419 e. The molecular formula is C18H25N5O5S. The molecule has 158 valence electrons. The number of nitro groups is 1. The molecule has 0 spiro atoms. The van der Waals surface area contributed by atoms with Gasteiger partial charge in [0.05, 0.1) is 16.7 Å². The maximum absolute atomic E-state index is 11.9. The Hall–Kier alpha value is -2.37. The van der Waals surface area contributed by atoms with Gasteiger partial charge in [-0.1, -0.05) is 6.92 Å². The second-order valence-corrected chi connectivity index (χ2v) is 9.05. The maximum atomic E-state index is 11.9. The van der Waals surface area contributed by atoms with Gasteiger partial charge in [-0.25, -0.2) is 13.1 Å². The molecule has 1 atom stereocenters. The first-order valence-electron chi connectivity index (χ1n) is 9.61. The lowest BCUT2D eigenvalue weighted by Crippen LogP contribution is -2.45. The van der Waals surface area contributed by atoms with Crippen LogP contribution in [0.4, 0.5) is 5.69 Å². The number of rotatable bonds is 8. The second-order valence-electron chi connectivity index (χ2n) is 7.17. The van der Waals surface area contributed by atoms with E-state index in [2.05, 4.69) is 19.8 Å². The summed E-state index contributed by atoms with van der Waals surface area (Å²) in [4.78, 5) is 12.5. The van der Waals surface area contributed by atoms with Gasteiger partial charge in [0.2, 0.25) is 21.8 Å². The normalized spacial score (nSPS) is 17.3. The van der Waals surface area contributed by atoms with Crippen molar-refractivity contribution in [1.29, 1.82) is 0 Å². The quantitative estimate of drug-likeness (QED) is 0.506. The van der Waals surface area contributed by atoms with Crippen molar-refractivity contribution in [1.82, 2.24) is 19.8 Å². The zero-order valence-electron chi connectivity index (χ0n) is 16.4. The van der Waals surface area contributed by atoms with Crippen LogP contribution in [0.25, 0.3) is 11.5 Å². The van der Waals surface area contributed by atoms with E-state index in [4.69, 9.17) is 4.42 Å². The lowest BCUT2D eigenvalue weighted by molar-refractivity contribution is -0.384. The van der Waals surface area contributed by atoms with Crippen LogP contribution in [0.15, 0.2) is 28.7 Å². The molecule has 3 rings (SSSR count). The molecule has 11 heteroatoms. The SMILES string of the molecule is CCCS(=O)(=O)NC1CCN(C(C)c2nnc(-c3ccc([N+](=O)[O-])cc3)o2)CC1. The molecule has 1 unspecified atom stereocenters. The van der Waals surface area contributed by atoms with Crippen LogP contribution in [0.2, 0.25) is 0 Å². The molecule has 0 saturated carbocycles. The van der Waals surface area contributed by atoms with Crippen molar-refractivity contribution in [3.8, 4) is 11.5 Å². The van der Waals surface area contributed by atoms with Gasteiger partial charge in [-0.2, -0.15) is 0 Å². The van der Waals surface area contributed by atoms with Crippen molar-refractivity contribution in [2.24, 2.45) is 0 Å². The molecule has 1 saturated heterocycles. The number of nitrogens with zero attached hydrogens (tertiary/aromatic N) is 4. The Morgan fingerprint density at radius 1 is 1.28 bits per heavy atom. The molecule has 1 aromatic heterocycles. The third-order valence-corrected chi connectivity index (χ3v) is 6.66. The predicted octanol–water partition coefficient (Wildman–Crippen LogP) is 2.50. The Morgan fingerprint density at radius 3 is 2.52 bits per heavy atom. The van der Waals surface area contributed by atoms with E-state index >= 15 is 0 Å². The number of nitrogens with one attached hydrogen (secondary N) is 1. The highest BCUT2D eigenvalue weighted by Crippen LogP contribution is 2.27. The minimum absolute atomic E-state index is 0.000659. The molecule has 10 nitrogen and oxygen atoms in total. The number of benzene rings is 1. The Bertz CT molecular complexity index is 936. The van der Waals surface area contributed by atoms with Crippen LogP contribution in [-0.4, -0.2) is 53.3 Å². The lowest BCUT2D eigenvalue weighted by Gasteiger charge is -2.34. The molecule has 1 aliphatic heterocycles. The summed E-state index contributed by atoms with van der Waals surface area (Å²) in [6, 6.07) is 5.79. The van der Waals surface area contributed by atoms with Gasteiger partial charge in [-0.05, 0) is 38.3 Å². The summed E-state index contributed by atoms with van der Waals surface area (Å²) in [7, 11) is -3.21. The van der Waals surface area contributed by atoms with E-state index in [9.17, 15) is 18.5 Å². The summed E-state index contributed by atoms with van der Waals surface area (Å²) in [6.07, 6.45) is 2.03. The van der Waals surface area contributed by atoms with Crippen molar-refractivity contribution in [3.63, 3.8) is 0 Å². The summed E-state index contributed by atoms with van der Waals surface area (Å²) >= 11 is 0. The fraction of sp³-hybridized carbons (Fsp3) is 0.556. The molecule has 1 aliphatic rings. The minimum atomic E-state index is -3.21. The highest BCUT2D eigenvalue weighted by atomic mass is 32.2. The van der Waals surface area contributed by atoms with Crippen molar-refractivity contribution in [3.05, 3.63) is 40.3 Å². The number of nitro benzene ring substituents is 1. The Kier molecular flexibility index (Phi) is 6.60. The van der Waals surface area contributed by atoms with Crippen LogP contribution in [0.3, 0.4) is 0 Å². The molecule has 0 bridgehead atoms. The Balaban J connectivity index is 1.59. The third-order valence-electron chi connectivity index (χ3n) is 5.02. The summed E-state index contributed by atoms with van der Waals surface area (Å²) in [5.74, 6) is 0.920. The van der Waals surface area contributed by atoms with Crippen molar-refractivity contribution >= 4 is 15.7 Å². The topological polar surface area (TPSA) is 131 Å². The summed E-state index contributed by atoms with van der Waals surface area (Å²) < 4.78 is 32.4. The smallest absolute Gasteiger partial charge is 0.269 e. The van der Waals surface area contributed by atoms with Crippen molar-refractivity contribution in [2.45, 2.75) is 45.2 Å². The lowest BCUT2D eigenvalue weighted by atomic mass is 10.0. The summed E-state index contributed by atoms with van der Waals surface area (Å²) in [5.41, 5.74) is 0.616. The van der Waals surface area contributed by atoms with Crippen LogP contribution in [0.5, 0.6) is 0 Å². The molecule has 1 N–H and O–H groups in total. The van der Waals surface area contributed by atoms with Crippen LogP contribution >= 0.6 is 0 Å². The highest BCUT2D eigenvalue weighted by Gasteiger charge is 2.28. The highest BCUT2D eigenvalue weighted by molar-refractivity contribution is 7.89. The van der Waals surface area contributed by atoms with Gasteiger partial charge in [0.1, 0.15) is 0 Å². The second kappa shape index (κ2) is 8.97. The van der Waals surface area contributed by atoms with Gasteiger partial charge >= 0.3 is 0 Å². The molecule has 2 aromatic rings. The largest absolute Gasteiger partial charge is 0.419 e. The van der Waals surface area contributed by atoms with E-state index in [1.54, 1.807) is 12.1 Å². The van der Waals surface area contributed by atoms with E-state index in [1.807, 2.05) is 13.8 Å².